The van der Waals surface area contributed by atoms with Crippen LogP contribution in [0.15, 0.2) is 53.1 Å². The molecule has 0 bridgehead atoms. The Hall–Kier alpha value is -3.73. The SMILES string of the molecule is COc1ccc2c(COc3cccc4[nH]c(OC(=O)NC5CCN(C[C@H](C)N6CC[C@H](O)[C@@H](C)C6)CC5)cc34)coc2c1. The molecule has 0 radical (unpaired) electrons. The standard InChI is InChI=1S/C33H42N4O6/c1-21-17-37(14-11-29(21)38)22(2)18-36-12-9-24(10-13-36)34-33(39)43-32-16-27-28(35-32)5-4-6-30(27)41-19-23-20-42-31-15-25(40-3)7-8-26(23)31/h4-8,15-16,20-22,24,29,35,38H,9-14,17-19H2,1-3H3,(H,34,39)/t21-,22-,29-/m0/s1. The number of aliphatic hydroxyl groups excluding tert-OH is 1. The molecule has 2 aromatic heterocycles. The molecule has 1 amide bonds. The Bertz CT molecular complexity index is 1540. The third-order valence-electron chi connectivity index (χ3n) is 8.99. The Morgan fingerprint density at radius 3 is 2.77 bits per heavy atom. The van der Waals surface area contributed by atoms with E-state index in [0.29, 0.717) is 30.2 Å². The number of hydrogen-bond donors (Lipinski definition) is 3. The Balaban J connectivity index is 0.991. The topological polar surface area (TPSA) is 112 Å². The molecule has 10 nitrogen and oxygen atoms in total. The number of aromatic amines is 1. The number of H-pyrrole nitrogens is 1. The first kappa shape index (κ1) is 29.3. The summed E-state index contributed by atoms with van der Waals surface area (Å²) in [4.78, 5) is 20.9. The van der Waals surface area contributed by atoms with Gasteiger partial charge in [-0.1, -0.05) is 13.0 Å². The molecule has 2 aromatic carbocycles. The van der Waals surface area contributed by atoms with Crippen molar-refractivity contribution in [2.75, 3.05) is 39.8 Å². The van der Waals surface area contributed by atoms with Gasteiger partial charge in [-0.2, -0.15) is 0 Å². The molecule has 43 heavy (non-hydrogen) atoms. The number of carbonyl (C=O) groups excluding carboxylic acids is 1. The van der Waals surface area contributed by atoms with Crippen LogP contribution in [0.1, 0.15) is 38.7 Å². The highest BCUT2D eigenvalue weighted by atomic mass is 16.6. The minimum absolute atomic E-state index is 0.0808. The quantitative estimate of drug-likeness (QED) is 0.246. The van der Waals surface area contributed by atoms with E-state index in [4.69, 9.17) is 18.6 Å². The average molecular weight is 591 g/mol. The van der Waals surface area contributed by atoms with Crippen molar-refractivity contribution < 1.29 is 28.5 Å². The van der Waals surface area contributed by atoms with E-state index in [1.165, 1.54) is 0 Å². The van der Waals surface area contributed by atoms with Gasteiger partial charge >= 0.3 is 6.09 Å². The number of methoxy groups -OCH3 is 1. The molecule has 2 fully saturated rings. The maximum absolute atomic E-state index is 12.8. The maximum Gasteiger partial charge on any atom is 0.414 e. The van der Waals surface area contributed by atoms with Crippen molar-refractivity contribution in [3.63, 3.8) is 0 Å². The van der Waals surface area contributed by atoms with Gasteiger partial charge in [-0.3, -0.25) is 4.90 Å². The molecule has 0 spiro atoms. The summed E-state index contributed by atoms with van der Waals surface area (Å²) in [5.41, 5.74) is 2.50. The van der Waals surface area contributed by atoms with Crippen molar-refractivity contribution in [3.05, 3.63) is 54.3 Å². The van der Waals surface area contributed by atoms with E-state index in [2.05, 4.69) is 33.9 Å². The number of ether oxygens (including phenoxy) is 3. The summed E-state index contributed by atoms with van der Waals surface area (Å²) in [6, 6.07) is 13.8. The molecule has 3 N–H and O–H groups in total. The number of rotatable bonds is 9. The lowest BCUT2D eigenvalue weighted by Crippen LogP contribution is -2.52. The van der Waals surface area contributed by atoms with Crippen molar-refractivity contribution in [2.45, 2.75) is 57.9 Å². The molecule has 0 aliphatic carbocycles. The second kappa shape index (κ2) is 12.9. The highest BCUT2D eigenvalue weighted by molar-refractivity contribution is 5.88. The number of hydrogen-bond acceptors (Lipinski definition) is 8. The molecular weight excluding hydrogens is 548 g/mol. The first-order valence-corrected chi connectivity index (χ1v) is 15.3. The van der Waals surface area contributed by atoms with Gasteiger partial charge in [-0.15, -0.1) is 0 Å². The molecular formula is C33H42N4O6. The molecule has 2 aliphatic rings. The first-order valence-electron chi connectivity index (χ1n) is 15.3. The number of fused-ring (bicyclic) bond motifs is 2. The highest BCUT2D eigenvalue weighted by Gasteiger charge is 2.29. The number of carbonyl (C=O) groups is 1. The molecule has 0 saturated carbocycles. The fourth-order valence-corrected chi connectivity index (χ4v) is 6.35. The van der Waals surface area contributed by atoms with E-state index in [1.54, 1.807) is 19.4 Å². The van der Waals surface area contributed by atoms with Crippen LogP contribution in [0.25, 0.3) is 21.9 Å². The summed E-state index contributed by atoms with van der Waals surface area (Å²) in [5, 5.41) is 14.9. The van der Waals surface area contributed by atoms with E-state index >= 15 is 0 Å². The van der Waals surface area contributed by atoms with Gasteiger partial charge < -0.3 is 38.9 Å². The fraction of sp³-hybridized carbons (Fsp3) is 0.485. The molecule has 230 valence electrons. The summed E-state index contributed by atoms with van der Waals surface area (Å²) in [6.45, 7) is 9.52. The Morgan fingerprint density at radius 1 is 1.14 bits per heavy atom. The van der Waals surface area contributed by atoms with Crippen LogP contribution in [0.4, 0.5) is 4.79 Å². The van der Waals surface area contributed by atoms with Gasteiger partial charge in [0.15, 0.2) is 0 Å². The fourth-order valence-electron chi connectivity index (χ4n) is 6.35. The summed E-state index contributed by atoms with van der Waals surface area (Å²) < 4.78 is 22.8. The molecule has 6 rings (SSSR count). The van der Waals surface area contributed by atoms with Crippen LogP contribution in [0.2, 0.25) is 0 Å². The summed E-state index contributed by atoms with van der Waals surface area (Å²) in [7, 11) is 1.63. The van der Waals surface area contributed by atoms with Gasteiger partial charge in [0.1, 0.15) is 23.7 Å². The van der Waals surface area contributed by atoms with Crippen LogP contribution >= 0.6 is 0 Å². The van der Waals surface area contributed by atoms with Crippen LogP contribution in [0, 0.1) is 5.92 Å². The number of piperidine rings is 2. The summed E-state index contributed by atoms with van der Waals surface area (Å²) in [5.74, 6) is 2.12. The zero-order valence-corrected chi connectivity index (χ0v) is 25.2. The summed E-state index contributed by atoms with van der Waals surface area (Å²) in [6.07, 6.45) is 3.69. The van der Waals surface area contributed by atoms with E-state index in [-0.39, 0.29) is 12.1 Å². The van der Waals surface area contributed by atoms with Gasteiger partial charge in [0, 0.05) is 73.3 Å². The molecule has 3 atom stereocenters. The smallest absolute Gasteiger partial charge is 0.414 e. The second-order valence-corrected chi connectivity index (χ2v) is 12.0. The van der Waals surface area contributed by atoms with Gasteiger partial charge in [-0.05, 0) is 56.4 Å². The van der Waals surface area contributed by atoms with Crippen LogP contribution in [-0.2, 0) is 6.61 Å². The number of nitrogens with one attached hydrogen (secondary N) is 2. The Morgan fingerprint density at radius 2 is 1.98 bits per heavy atom. The van der Waals surface area contributed by atoms with Gasteiger partial charge in [0.25, 0.3) is 0 Å². The highest BCUT2D eigenvalue weighted by Crippen LogP contribution is 2.32. The van der Waals surface area contributed by atoms with Gasteiger partial charge in [0.2, 0.25) is 5.88 Å². The Kier molecular flexibility index (Phi) is 8.78. The number of benzene rings is 2. The zero-order valence-electron chi connectivity index (χ0n) is 25.2. The average Bonchev–Trinajstić information content (AvgIpc) is 3.61. The van der Waals surface area contributed by atoms with E-state index < -0.39 is 6.09 Å². The zero-order chi connectivity index (χ0) is 29.9. The molecule has 4 aromatic rings. The van der Waals surface area contributed by atoms with E-state index in [9.17, 15) is 9.90 Å². The van der Waals surface area contributed by atoms with Crippen molar-refractivity contribution in [2.24, 2.45) is 5.92 Å². The molecule has 2 aliphatic heterocycles. The van der Waals surface area contributed by atoms with E-state index in [1.807, 2.05) is 36.4 Å². The van der Waals surface area contributed by atoms with Crippen LogP contribution in [0.3, 0.4) is 0 Å². The largest absolute Gasteiger partial charge is 0.497 e. The predicted molar refractivity (Wildman–Crippen MR) is 165 cm³/mol. The van der Waals surface area contributed by atoms with Gasteiger partial charge in [0.05, 0.1) is 25.0 Å². The molecule has 2 saturated heterocycles. The molecule has 10 heteroatoms. The van der Waals surface area contributed by atoms with Crippen molar-refractivity contribution >= 4 is 28.0 Å². The number of nitrogens with zero attached hydrogens (tertiary/aromatic N) is 2. The lowest BCUT2D eigenvalue weighted by atomic mass is 9.95. The summed E-state index contributed by atoms with van der Waals surface area (Å²) >= 11 is 0. The monoisotopic (exact) mass is 590 g/mol. The number of aromatic nitrogens is 1. The third kappa shape index (κ3) is 6.76. The van der Waals surface area contributed by atoms with Crippen molar-refractivity contribution in [1.82, 2.24) is 20.1 Å². The number of aliphatic hydroxyl groups is 1. The lowest BCUT2D eigenvalue weighted by Gasteiger charge is -2.41. The number of likely N-dealkylation sites (tertiary alicyclic amines) is 2. The van der Waals surface area contributed by atoms with Crippen LogP contribution in [-0.4, -0.2) is 84.0 Å². The van der Waals surface area contributed by atoms with Crippen LogP contribution in [0.5, 0.6) is 17.4 Å². The van der Waals surface area contributed by atoms with Crippen LogP contribution < -0.4 is 19.5 Å². The number of amides is 1. The third-order valence-corrected chi connectivity index (χ3v) is 8.99. The molecule has 0 unspecified atom stereocenters. The Labute approximate surface area is 251 Å². The minimum Gasteiger partial charge on any atom is -0.497 e. The minimum atomic E-state index is -0.456. The van der Waals surface area contributed by atoms with Gasteiger partial charge in [-0.25, -0.2) is 4.79 Å². The van der Waals surface area contributed by atoms with Crippen molar-refractivity contribution in [1.29, 1.82) is 0 Å². The van der Waals surface area contributed by atoms with E-state index in [0.717, 1.165) is 85.2 Å². The second-order valence-electron chi connectivity index (χ2n) is 12.0. The maximum atomic E-state index is 12.8. The predicted octanol–water partition coefficient (Wildman–Crippen LogP) is 5.15. The lowest BCUT2D eigenvalue weighted by molar-refractivity contribution is 0.0116. The first-order chi connectivity index (χ1) is 20.9. The molecule has 4 heterocycles. The number of furan rings is 1. The van der Waals surface area contributed by atoms with Crippen molar-refractivity contribution in [3.8, 4) is 17.4 Å². The normalized spacial score (nSPS) is 21.2.